The highest BCUT2D eigenvalue weighted by molar-refractivity contribution is 8.05. The van der Waals surface area contributed by atoms with E-state index in [0.29, 0.717) is 11.4 Å². The third kappa shape index (κ3) is 5.29. The summed E-state index contributed by atoms with van der Waals surface area (Å²) in [7, 11) is 0. The van der Waals surface area contributed by atoms with Gasteiger partial charge in [0.2, 0.25) is 5.91 Å². The van der Waals surface area contributed by atoms with Crippen molar-refractivity contribution in [3.63, 3.8) is 0 Å². The number of rotatable bonds is 10. The van der Waals surface area contributed by atoms with E-state index in [1.165, 1.54) is 26.8 Å². The van der Waals surface area contributed by atoms with E-state index in [2.05, 4.69) is 29.2 Å². The number of thioether (sulfide) groups is 2. The Bertz CT molecular complexity index is 908. The van der Waals surface area contributed by atoms with Crippen LogP contribution in [0.15, 0.2) is 54.7 Å². The molecule has 2 aromatic heterocycles. The zero-order valence-electron chi connectivity index (χ0n) is 14.8. The number of amides is 1. The number of pyridine rings is 1. The number of carbonyl (C=O) groups is 2. The lowest BCUT2D eigenvalue weighted by Crippen LogP contribution is -2.42. The number of anilines is 1. The fourth-order valence-electron chi connectivity index (χ4n) is 2.25. The summed E-state index contributed by atoms with van der Waals surface area (Å²) >= 11 is 8.52. The Labute approximate surface area is 177 Å². The molecule has 1 unspecified atom stereocenters. The summed E-state index contributed by atoms with van der Waals surface area (Å²) in [5.41, 5.74) is 0.978. The van der Waals surface area contributed by atoms with Crippen LogP contribution < -0.4 is 4.90 Å². The molecule has 28 heavy (non-hydrogen) atoms. The molecule has 0 aliphatic rings. The minimum Gasteiger partial charge on any atom is -0.297 e. The van der Waals surface area contributed by atoms with Crippen LogP contribution in [0.3, 0.4) is 0 Å². The molecule has 0 radical (unpaired) electrons. The number of hydrogen-bond donors (Lipinski definition) is 0. The molecule has 0 aliphatic carbocycles. The minimum atomic E-state index is -0.990. The summed E-state index contributed by atoms with van der Waals surface area (Å²) in [4.78, 5) is 30.9. The van der Waals surface area contributed by atoms with Crippen molar-refractivity contribution in [2.24, 2.45) is 0 Å². The Kier molecular flexibility index (Phi) is 8.39. The number of halogens is 1. The van der Waals surface area contributed by atoms with Crippen molar-refractivity contribution >= 4 is 52.5 Å². The average Bonchev–Trinajstić information content (AvgIpc) is 3.10. The Morgan fingerprint density at radius 1 is 1.43 bits per heavy atom. The highest BCUT2D eigenvalue weighted by Crippen LogP contribution is 2.28. The van der Waals surface area contributed by atoms with Gasteiger partial charge in [0, 0.05) is 6.20 Å². The minimum absolute atomic E-state index is 0.0621. The number of Topliss-reactive ketones (excluding diaryl/α,β-unsaturated/α-hetero) is 1. The van der Waals surface area contributed by atoms with Crippen LogP contribution in [-0.4, -0.2) is 44.0 Å². The average molecular weight is 433 g/mol. The molecule has 2 aromatic rings. The third-order valence-corrected chi connectivity index (χ3v) is 5.35. The van der Waals surface area contributed by atoms with Crippen LogP contribution in [-0.2, 0) is 9.59 Å². The second-order valence-corrected chi connectivity index (χ2v) is 7.61. The van der Waals surface area contributed by atoms with Gasteiger partial charge in [-0.3, -0.25) is 19.5 Å². The fraction of sp³-hybridized carbons (Fsp3) is 0.158. The van der Waals surface area contributed by atoms with Crippen molar-refractivity contribution in [1.29, 1.82) is 0 Å². The molecule has 1 atom stereocenters. The molecule has 2 rings (SSSR count). The predicted octanol–water partition coefficient (Wildman–Crippen LogP) is 3.58. The maximum absolute atomic E-state index is 13.1. The standard InChI is InChI=1S/C19H17ClN4O2S2/c1-4-10-23(19(26)17(28-6-3)16(25)13-27-5-2)15-12-24(22-18(15)20)14-8-7-9-21-11-14/h1,5-9,11-12,17H,2-3,10,13H2. The summed E-state index contributed by atoms with van der Waals surface area (Å²) in [6, 6.07) is 3.54. The fourth-order valence-corrected chi connectivity index (χ4v) is 3.70. The van der Waals surface area contributed by atoms with Crippen molar-refractivity contribution in [1.82, 2.24) is 14.8 Å². The van der Waals surface area contributed by atoms with E-state index >= 15 is 0 Å². The number of ketones is 1. The Balaban J connectivity index is 2.38. The summed E-state index contributed by atoms with van der Waals surface area (Å²) in [6.07, 6.45) is 10.3. The van der Waals surface area contributed by atoms with Crippen LogP contribution in [0.25, 0.3) is 5.69 Å². The maximum atomic E-state index is 13.1. The lowest BCUT2D eigenvalue weighted by molar-refractivity contribution is -0.124. The van der Waals surface area contributed by atoms with E-state index in [1.54, 1.807) is 36.1 Å². The van der Waals surface area contributed by atoms with Gasteiger partial charge in [-0.25, -0.2) is 4.68 Å². The van der Waals surface area contributed by atoms with Crippen molar-refractivity contribution in [2.75, 3.05) is 17.2 Å². The topological polar surface area (TPSA) is 68.1 Å². The van der Waals surface area contributed by atoms with Crippen LogP contribution in [0.1, 0.15) is 0 Å². The van der Waals surface area contributed by atoms with Crippen LogP contribution in [0.5, 0.6) is 0 Å². The van der Waals surface area contributed by atoms with Crippen molar-refractivity contribution < 1.29 is 9.59 Å². The van der Waals surface area contributed by atoms with E-state index < -0.39 is 11.2 Å². The largest absolute Gasteiger partial charge is 0.297 e. The van der Waals surface area contributed by atoms with Crippen LogP contribution >= 0.6 is 35.1 Å². The van der Waals surface area contributed by atoms with Gasteiger partial charge in [-0.2, -0.15) is 5.10 Å². The molecule has 2 heterocycles. The van der Waals surface area contributed by atoms with E-state index in [0.717, 1.165) is 11.8 Å². The van der Waals surface area contributed by atoms with E-state index in [4.69, 9.17) is 18.0 Å². The van der Waals surface area contributed by atoms with Crippen molar-refractivity contribution in [3.05, 3.63) is 59.9 Å². The summed E-state index contributed by atoms with van der Waals surface area (Å²) in [6.45, 7) is 7.11. The summed E-state index contributed by atoms with van der Waals surface area (Å²) in [5, 5.41) is 6.31. The summed E-state index contributed by atoms with van der Waals surface area (Å²) in [5.74, 6) is 1.80. The van der Waals surface area contributed by atoms with Gasteiger partial charge < -0.3 is 0 Å². The molecule has 0 saturated carbocycles. The Hall–Kier alpha value is -2.47. The summed E-state index contributed by atoms with van der Waals surface area (Å²) < 4.78 is 1.49. The monoisotopic (exact) mass is 432 g/mol. The van der Waals surface area contributed by atoms with Gasteiger partial charge in [0.05, 0.1) is 30.4 Å². The quantitative estimate of drug-likeness (QED) is 0.422. The molecular weight excluding hydrogens is 416 g/mol. The molecule has 0 fully saturated rings. The van der Waals surface area contributed by atoms with E-state index in [9.17, 15) is 9.59 Å². The van der Waals surface area contributed by atoms with Crippen LogP contribution in [0.2, 0.25) is 5.15 Å². The second kappa shape index (κ2) is 10.8. The van der Waals surface area contributed by atoms with Gasteiger partial charge in [0.15, 0.2) is 10.9 Å². The maximum Gasteiger partial charge on any atom is 0.249 e. The zero-order chi connectivity index (χ0) is 20.5. The Morgan fingerprint density at radius 2 is 2.21 bits per heavy atom. The van der Waals surface area contributed by atoms with Gasteiger partial charge in [-0.15, -0.1) is 29.9 Å². The van der Waals surface area contributed by atoms with Crippen LogP contribution in [0, 0.1) is 12.3 Å². The first kappa shape index (κ1) is 21.8. The number of terminal acetylenes is 1. The molecule has 9 heteroatoms. The number of aromatic nitrogens is 3. The predicted molar refractivity (Wildman–Crippen MR) is 117 cm³/mol. The zero-order valence-corrected chi connectivity index (χ0v) is 17.2. The molecular formula is C19H17ClN4O2S2. The molecule has 0 aromatic carbocycles. The molecule has 0 bridgehead atoms. The SMILES string of the molecule is C#CCN(C(=O)C(SC=C)C(=O)CSC=C)c1cn(-c2cccnc2)nc1Cl. The number of nitrogens with zero attached hydrogens (tertiary/aromatic N) is 4. The highest BCUT2D eigenvalue weighted by Gasteiger charge is 2.32. The third-order valence-electron chi connectivity index (χ3n) is 3.46. The lowest BCUT2D eigenvalue weighted by atomic mass is 10.2. The van der Waals surface area contributed by atoms with Crippen molar-refractivity contribution in [2.45, 2.75) is 5.25 Å². The molecule has 0 saturated heterocycles. The van der Waals surface area contributed by atoms with Gasteiger partial charge in [0.25, 0.3) is 0 Å². The second-order valence-electron chi connectivity index (χ2n) is 5.22. The molecule has 0 aliphatic heterocycles. The molecule has 144 valence electrons. The number of carbonyl (C=O) groups excluding carboxylic acids is 2. The normalized spacial score (nSPS) is 11.3. The van der Waals surface area contributed by atoms with E-state index in [-0.39, 0.29) is 23.2 Å². The first-order valence-corrected chi connectivity index (χ1v) is 10.3. The molecule has 0 spiro atoms. The van der Waals surface area contributed by atoms with Crippen molar-refractivity contribution in [3.8, 4) is 18.0 Å². The van der Waals surface area contributed by atoms with E-state index in [1.807, 2.05) is 0 Å². The van der Waals surface area contributed by atoms with Gasteiger partial charge in [-0.1, -0.05) is 30.7 Å². The first-order chi connectivity index (χ1) is 13.5. The van der Waals surface area contributed by atoms with Crippen LogP contribution in [0.4, 0.5) is 5.69 Å². The lowest BCUT2D eigenvalue weighted by Gasteiger charge is -2.23. The smallest absolute Gasteiger partial charge is 0.249 e. The molecule has 6 nitrogen and oxygen atoms in total. The highest BCUT2D eigenvalue weighted by atomic mass is 35.5. The van der Waals surface area contributed by atoms with Gasteiger partial charge in [0.1, 0.15) is 10.9 Å². The molecule has 1 amide bonds. The number of hydrogen-bond acceptors (Lipinski definition) is 6. The van der Waals surface area contributed by atoms with Gasteiger partial charge >= 0.3 is 0 Å². The molecule has 0 N–H and O–H groups in total. The van der Waals surface area contributed by atoms with Gasteiger partial charge in [-0.05, 0) is 22.9 Å². The first-order valence-electron chi connectivity index (χ1n) is 7.95. The Morgan fingerprint density at radius 3 is 2.82 bits per heavy atom.